The van der Waals surface area contributed by atoms with Crippen LogP contribution < -0.4 is 5.32 Å². The van der Waals surface area contributed by atoms with Crippen LogP contribution >= 0.6 is 0 Å². The van der Waals surface area contributed by atoms with E-state index in [1.165, 1.54) is 49.7 Å². The van der Waals surface area contributed by atoms with Crippen LogP contribution in [0.15, 0.2) is 24.3 Å². The van der Waals surface area contributed by atoms with E-state index in [1.807, 2.05) is 0 Å². The number of hydrogen-bond acceptors (Lipinski definition) is 1. The van der Waals surface area contributed by atoms with E-state index >= 15 is 0 Å². The Morgan fingerprint density at radius 3 is 2.14 bits per heavy atom. The maximum absolute atomic E-state index is 3.83. The lowest BCUT2D eigenvalue weighted by molar-refractivity contribution is 0.223. The van der Waals surface area contributed by atoms with Gasteiger partial charge in [-0.1, -0.05) is 64.8 Å². The monoisotopic (exact) mass is 287 g/mol. The van der Waals surface area contributed by atoms with Crippen molar-refractivity contribution in [2.75, 3.05) is 6.54 Å². The molecule has 0 bridgehead atoms. The summed E-state index contributed by atoms with van der Waals surface area (Å²) in [6, 6.07) is 9.97. The van der Waals surface area contributed by atoms with Gasteiger partial charge in [0, 0.05) is 6.04 Å². The Morgan fingerprint density at radius 1 is 1.05 bits per heavy atom. The Kier molecular flexibility index (Phi) is 5.87. The predicted octanol–water partition coefficient (Wildman–Crippen LogP) is 5.82. The molecule has 0 aromatic heterocycles. The second-order valence-electron chi connectivity index (χ2n) is 7.22. The highest BCUT2D eigenvalue weighted by Gasteiger charge is 2.37. The van der Waals surface area contributed by atoms with Crippen LogP contribution in [0.25, 0.3) is 0 Å². The van der Waals surface area contributed by atoms with E-state index in [9.17, 15) is 0 Å². The molecule has 1 nitrogen and oxygen atoms in total. The van der Waals surface area contributed by atoms with E-state index < -0.39 is 0 Å². The number of rotatable bonds is 7. The van der Waals surface area contributed by atoms with Gasteiger partial charge in [0.15, 0.2) is 0 Å². The molecule has 0 saturated heterocycles. The molecule has 1 aliphatic carbocycles. The van der Waals surface area contributed by atoms with E-state index in [4.69, 9.17) is 0 Å². The number of hydrogen-bond donors (Lipinski definition) is 1. The molecule has 1 fully saturated rings. The topological polar surface area (TPSA) is 12.0 Å². The van der Waals surface area contributed by atoms with Gasteiger partial charge < -0.3 is 5.32 Å². The predicted molar refractivity (Wildman–Crippen MR) is 92.8 cm³/mol. The summed E-state index contributed by atoms with van der Waals surface area (Å²) in [5.74, 6) is 0.670. The van der Waals surface area contributed by atoms with Crippen LogP contribution in [0.3, 0.4) is 0 Å². The first-order chi connectivity index (χ1) is 10.1. The third-order valence-electron chi connectivity index (χ3n) is 5.49. The number of nitrogens with one attached hydrogen (secondary N) is 1. The van der Waals surface area contributed by atoms with Gasteiger partial charge in [0.25, 0.3) is 0 Å². The zero-order chi connectivity index (χ0) is 15.3. The fraction of sp³-hybridized carbons (Fsp3) is 0.700. The first-order valence-electron chi connectivity index (χ1n) is 8.94. The van der Waals surface area contributed by atoms with Gasteiger partial charge >= 0.3 is 0 Å². The summed E-state index contributed by atoms with van der Waals surface area (Å²) >= 11 is 0. The second kappa shape index (κ2) is 7.45. The van der Waals surface area contributed by atoms with E-state index in [0.717, 1.165) is 6.54 Å². The second-order valence-corrected chi connectivity index (χ2v) is 7.22. The average Bonchev–Trinajstić information content (AvgIpc) is 2.95. The zero-order valence-electron chi connectivity index (χ0n) is 14.4. The van der Waals surface area contributed by atoms with Gasteiger partial charge in [0.2, 0.25) is 0 Å². The van der Waals surface area contributed by atoms with Crippen LogP contribution in [-0.2, 0) is 0 Å². The van der Waals surface area contributed by atoms with E-state index in [1.54, 1.807) is 0 Å². The standard InChI is InChI=1S/C20H33N/c1-5-15-21-19(20(4)13-7-8-14-20)18-11-9-17(10-12-18)16(3)6-2/h9-12,16,19,21H,5-8,13-15H2,1-4H3. The Balaban J connectivity index is 2.20. The van der Waals surface area contributed by atoms with Gasteiger partial charge in [-0.25, -0.2) is 0 Å². The third-order valence-corrected chi connectivity index (χ3v) is 5.49. The highest BCUT2D eigenvalue weighted by atomic mass is 14.9. The van der Waals surface area contributed by atoms with Crippen molar-refractivity contribution in [3.8, 4) is 0 Å². The van der Waals surface area contributed by atoms with Crippen molar-refractivity contribution in [2.45, 2.75) is 78.2 Å². The van der Waals surface area contributed by atoms with E-state index in [2.05, 4.69) is 57.3 Å². The van der Waals surface area contributed by atoms with Crippen molar-refractivity contribution in [1.82, 2.24) is 5.32 Å². The van der Waals surface area contributed by atoms with Gasteiger partial charge in [-0.2, -0.15) is 0 Å². The average molecular weight is 287 g/mol. The highest BCUT2D eigenvalue weighted by Crippen LogP contribution is 2.47. The molecule has 1 saturated carbocycles. The third kappa shape index (κ3) is 3.88. The summed E-state index contributed by atoms with van der Waals surface area (Å²) < 4.78 is 0. The molecular formula is C20H33N. The van der Waals surface area contributed by atoms with Crippen molar-refractivity contribution in [2.24, 2.45) is 5.41 Å². The van der Waals surface area contributed by atoms with Crippen LogP contribution in [0.5, 0.6) is 0 Å². The van der Waals surface area contributed by atoms with Gasteiger partial charge in [-0.15, -0.1) is 0 Å². The van der Waals surface area contributed by atoms with Crippen LogP contribution in [0, 0.1) is 5.41 Å². The molecule has 2 unspecified atom stereocenters. The summed E-state index contributed by atoms with van der Waals surface area (Å²) in [6.45, 7) is 10.4. The van der Waals surface area contributed by atoms with Crippen molar-refractivity contribution < 1.29 is 0 Å². The summed E-state index contributed by atoms with van der Waals surface area (Å²) in [6.07, 6.45) is 7.94. The van der Waals surface area contributed by atoms with Crippen LogP contribution in [0.2, 0.25) is 0 Å². The molecule has 0 aliphatic heterocycles. The summed E-state index contributed by atoms with van der Waals surface area (Å²) in [5.41, 5.74) is 3.40. The lowest BCUT2D eigenvalue weighted by Gasteiger charge is -2.35. The molecule has 1 heteroatoms. The minimum Gasteiger partial charge on any atom is -0.309 e. The maximum atomic E-state index is 3.83. The lowest BCUT2D eigenvalue weighted by Crippen LogP contribution is -2.35. The van der Waals surface area contributed by atoms with Gasteiger partial charge in [0.05, 0.1) is 0 Å². The maximum Gasteiger partial charge on any atom is 0.0374 e. The van der Waals surface area contributed by atoms with Crippen LogP contribution in [0.1, 0.15) is 89.3 Å². The lowest BCUT2D eigenvalue weighted by atomic mass is 9.77. The van der Waals surface area contributed by atoms with Crippen LogP contribution in [-0.4, -0.2) is 6.54 Å². The van der Waals surface area contributed by atoms with Gasteiger partial charge in [0.1, 0.15) is 0 Å². The fourth-order valence-electron chi connectivity index (χ4n) is 3.78. The quantitative estimate of drug-likeness (QED) is 0.666. The Morgan fingerprint density at radius 2 is 1.62 bits per heavy atom. The Bertz CT molecular complexity index is 414. The van der Waals surface area contributed by atoms with E-state index in [0.29, 0.717) is 17.4 Å². The van der Waals surface area contributed by atoms with Gasteiger partial charge in [-0.3, -0.25) is 0 Å². The Labute approximate surface area is 131 Å². The first-order valence-corrected chi connectivity index (χ1v) is 8.94. The molecular weight excluding hydrogens is 254 g/mol. The largest absolute Gasteiger partial charge is 0.309 e. The molecule has 1 N–H and O–H groups in total. The van der Waals surface area contributed by atoms with Crippen molar-refractivity contribution in [1.29, 1.82) is 0 Å². The molecule has 21 heavy (non-hydrogen) atoms. The van der Waals surface area contributed by atoms with Crippen molar-refractivity contribution >= 4 is 0 Å². The molecule has 1 aromatic carbocycles. The molecule has 1 aliphatic rings. The molecule has 1 aromatic rings. The Hall–Kier alpha value is -0.820. The minimum absolute atomic E-state index is 0.438. The summed E-state index contributed by atoms with van der Waals surface area (Å²) in [5, 5.41) is 3.83. The highest BCUT2D eigenvalue weighted by molar-refractivity contribution is 5.28. The molecule has 0 heterocycles. The van der Waals surface area contributed by atoms with Crippen molar-refractivity contribution in [3.05, 3.63) is 35.4 Å². The molecule has 0 amide bonds. The SMILES string of the molecule is CCCNC(c1ccc(C(C)CC)cc1)C1(C)CCCC1. The molecule has 2 rings (SSSR count). The summed E-state index contributed by atoms with van der Waals surface area (Å²) in [4.78, 5) is 0. The first kappa shape index (κ1) is 16.5. The van der Waals surface area contributed by atoms with E-state index in [-0.39, 0.29) is 0 Å². The molecule has 0 radical (unpaired) electrons. The minimum atomic E-state index is 0.438. The van der Waals surface area contributed by atoms with Gasteiger partial charge in [-0.05, 0) is 54.7 Å². The number of benzene rings is 1. The zero-order valence-corrected chi connectivity index (χ0v) is 14.4. The summed E-state index contributed by atoms with van der Waals surface area (Å²) in [7, 11) is 0. The fourth-order valence-corrected chi connectivity index (χ4v) is 3.78. The molecule has 0 spiro atoms. The molecule has 2 atom stereocenters. The van der Waals surface area contributed by atoms with Crippen molar-refractivity contribution in [3.63, 3.8) is 0 Å². The smallest absolute Gasteiger partial charge is 0.0374 e. The normalized spacial score (nSPS) is 20.4. The van der Waals surface area contributed by atoms with Crippen LogP contribution in [0.4, 0.5) is 0 Å². The molecule has 118 valence electrons.